The van der Waals surface area contributed by atoms with E-state index in [0.29, 0.717) is 12.4 Å². The quantitative estimate of drug-likeness (QED) is 0.544. The number of amides is 1. The third-order valence-electron chi connectivity index (χ3n) is 2.62. The monoisotopic (exact) mass is 269 g/mol. The van der Waals surface area contributed by atoms with Crippen LogP contribution in [0.1, 0.15) is 19.7 Å². The normalized spacial score (nSPS) is 12.2. The van der Waals surface area contributed by atoms with Gasteiger partial charge in [-0.25, -0.2) is 0 Å². The van der Waals surface area contributed by atoms with Crippen molar-refractivity contribution in [2.45, 2.75) is 33.4 Å². The molecule has 0 spiro atoms. The molecule has 106 valence electrons. The van der Waals surface area contributed by atoms with E-state index in [0.717, 1.165) is 6.54 Å². The second-order valence-corrected chi connectivity index (χ2v) is 4.29. The first kappa shape index (κ1) is 15.1. The molecule has 0 aromatic carbocycles. The van der Waals surface area contributed by atoms with Gasteiger partial charge in [-0.1, -0.05) is 6.92 Å². The van der Waals surface area contributed by atoms with Crippen molar-refractivity contribution in [3.8, 4) is 0 Å². The van der Waals surface area contributed by atoms with Gasteiger partial charge in [0.05, 0.1) is 0 Å². The van der Waals surface area contributed by atoms with Crippen molar-refractivity contribution in [3.63, 3.8) is 0 Å². The maximum Gasteiger partial charge on any atom is 0.381 e. The lowest BCUT2D eigenvalue weighted by Gasteiger charge is -2.13. The second-order valence-electron chi connectivity index (χ2n) is 4.29. The van der Waals surface area contributed by atoms with Crippen molar-refractivity contribution in [2.24, 2.45) is 0 Å². The van der Waals surface area contributed by atoms with Crippen LogP contribution in [0.4, 0.5) is 5.82 Å². The van der Waals surface area contributed by atoms with Crippen molar-refractivity contribution in [2.75, 3.05) is 13.1 Å². The number of hydrogen-bond donors (Lipinski definition) is 2. The van der Waals surface area contributed by atoms with E-state index in [1.807, 2.05) is 13.8 Å². The van der Waals surface area contributed by atoms with Gasteiger partial charge in [-0.05, 0) is 23.4 Å². The molecule has 0 aliphatic heterocycles. The third-order valence-corrected chi connectivity index (χ3v) is 2.62. The van der Waals surface area contributed by atoms with Crippen LogP contribution >= 0.6 is 0 Å². The van der Waals surface area contributed by atoms with E-state index < -0.39 is 4.92 Å². The fraction of sp³-hybridized carbons (Fsp3) is 0.636. The van der Waals surface area contributed by atoms with E-state index in [-0.39, 0.29) is 24.3 Å². The highest BCUT2D eigenvalue weighted by Crippen LogP contribution is 2.09. The van der Waals surface area contributed by atoms with Gasteiger partial charge in [0, 0.05) is 19.5 Å². The lowest BCUT2D eigenvalue weighted by molar-refractivity contribution is -0.389. The lowest BCUT2D eigenvalue weighted by atomic mass is 10.3. The maximum absolute atomic E-state index is 11.7. The molecule has 1 aromatic rings. The van der Waals surface area contributed by atoms with E-state index >= 15 is 0 Å². The average Bonchev–Trinajstić information content (AvgIpc) is 2.69. The first-order valence-corrected chi connectivity index (χ1v) is 6.12. The largest absolute Gasteiger partial charge is 0.381 e. The number of nitrogens with zero attached hydrogens (tertiary/aromatic N) is 3. The van der Waals surface area contributed by atoms with Crippen LogP contribution in [-0.2, 0) is 11.3 Å². The van der Waals surface area contributed by atoms with Gasteiger partial charge in [-0.15, -0.1) is 0 Å². The molecule has 1 heterocycles. The minimum absolute atomic E-state index is 0.0333. The summed E-state index contributed by atoms with van der Waals surface area (Å²) in [6, 6.07) is 0.187. The second kappa shape index (κ2) is 6.83. The Kier molecular flexibility index (Phi) is 5.43. The molecule has 1 amide bonds. The van der Waals surface area contributed by atoms with Crippen LogP contribution < -0.4 is 10.6 Å². The molecule has 0 saturated heterocycles. The van der Waals surface area contributed by atoms with Crippen LogP contribution in [0.3, 0.4) is 0 Å². The summed E-state index contributed by atoms with van der Waals surface area (Å²) >= 11 is 0. The Balaban J connectivity index is 2.50. The van der Waals surface area contributed by atoms with Crippen LogP contribution in [0.25, 0.3) is 0 Å². The molecule has 8 heteroatoms. The van der Waals surface area contributed by atoms with Crippen LogP contribution in [-0.4, -0.2) is 39.5 Å². The van der Waals surface area contributed by atoms with E-state index in [9.17, 15) is 14.9 Å². The molecule has 1 atom stereocenters. The summed E-state index contributed by atoms with van der Waals surface area (Å²) in [5.74, 6) is 0.00745. The molecule has 0 saturated carbocycles. The predicted octanol–water partition coefficient (Wildman–Crippen LogP) is 0.214. The Morgan fingerprint density at radius 3 is 2.84 bits per heavy atom. The number of aryl methyl sites for hydroxylation is 1. The highest BCUT2D eigenvalue weighted by molar-refractivity contribution is 5.75. The number of imidazole rings is 1. The zero-order valence-electron chi connectivity index (χ0n) is 11.3. The Hall–Kier alpha value is -1.96. The fourth-order valence-electron chi connectivity index (χ4n) is 1.64. The first-order valence-electron chi connectivity index (χ1n) is 6.12. The summed E-state index contributed by atoms with van der Waals surface area (Å²) < 4.78 is 1.46. The molecule has 1 rings (SSSR count). The van der Waals surface area contributed by atoms with E-state index in [2.05, 4.69) is 15.6 Å². The minimum atomic E-state index is -0.575. The van der Waals surface area contributed by atoms with E-state index in [1.54, 1.807) is 6.92 Å². The number of nitrogens with one attached hydrogen (secondary N) is 2. The fourth-order valence-corrected chi connectivity index (χ4v) is 1.64. The molecule has 19 heavy (non-hydrogen) atoms. The number of rotatable bonds is 7. The van der Waals surface area contributed by atoms with Gasteiger partial charge < -0.3 is 20.7 Å². The van der Waals surface area contributed by atoms with Crippen LogP contribution in [0.5, 0.6) is 0 Å². The molecule has 8 nitrogen and oxygen atoms in total. The average molecular weight is 269 g/mol. The van der Waals surface area contributed by atoms with Gasteiger partial charge in [0.15, 0.2) is 0 Å². The molecule has 2 N–H and O–H groups in total. The van der Waals surface area contributed by atoms with E-state index in [1.165, 1.54) is 10.8 Å². The summed E-state index contributed by atoms with van der Waals surface area (Å²) in [6.45, 7) is 6.98. The van der Waals surface area contributed by atoms with Crippen molar-refractivity contribution in [3.05, 3.63) is 22.1 Å². The van der Waals surface area contributed by atoms with Gasteiger partial charge in [0.2, 0.25) is 11.7 Å². The minimum Gasteiger partial charge on any atom is -0.358 e. The maximum atomic E-state index is 11.7. The highest BCUT2D eigenvalue weighted by Gasteiger charge is 2.16. The van der Waals surface area contributed by atoms with Crippen LogP contribution in [0, 0.1) is 17.0 Å². The SMILES string of the molecule is CCN[C@H](C)CNC(=O)Cn1cc([N+](=O)[O-])nc1C. The summed E-state index contributed by atoms with van der Waals surface area (Å²) in [6.07, 6.45) is 1.27. The molecule has 0 aliphatic carbocycles. The molecular formula is C11H19N5O3. The molecular weight excluding hydrogens is 250 g/mol. The van der Waals surface area contributed by atoms with Crippen molar-refractivity contribution in [1.29, 1.82) is 0 Å². The molecule has 0 fully saturated rings. The third kappa shape index (κ3) is 4.66. The van der Waals surface area contributed by atoms with Gasteiger partial charge in [0.1, 0.15) is 12.7 Å². The van der Waals surface area contributed by atoms with Gasteiger partial charge in [-0.3, -0.25) is 9.36 Å². The molecule has 0 radical (unpaired) electrons. The summed E-state index contributed by atoms with van der Waals surface area (Å²) in [5.41, 5.74) is 0. The number of nitro groups is 1. The van der Waals surface area contributed by atoms with E-state index in [4.69, 9.17) is 0 Å². The Morgan fingerprint density at radius 2 is 2.32 bits per heavy atom. The predicted molar refractivity (Wildman–Crippen MR) is 69.8 cm³/mol. The summed E-state index contributed by atoms with van der Waals surface area (Å²) in [4.78, 5) is 25.4. The Bertz CT molecular complexity index is 457. The molecule has 0 unspecified atom stereocenters. The highest BCUT2D eigenvalue weighted by atomic mass is 16.6. The lowest BCUT2D eigenvalue weighted by Crippen LogP contribution is -2.40. The van der Waals surface area contributed by atoms with Crippen molar-refractivity contribution in [1.82, 2.24) is 20.2 Å². The van der Waals surface area contributed by atoms with Crippen molar-refractivity contribution < 1.29 is 9.72 Å². The number of likely N-dealkylation sites (N-methyl/N-ethyl adjacent to an activating group) is 1. The Morgan fingerprint density at radius 1 is 1.63 bits per heavy atom. The smallest absolute Gasteiger partial charge is 0.358 e. The number of aromatic nitrogens is 2. The topological polar surface area (TPSA) is 102 Å². The zero-order valence-corrected chi connectivity index (χ0v) is 11.3. The number of carbonyl (C=O) groups excluding carboxylic acids is 1. The number of hydrogen-bond acceptors (Lipinski definition) is 5. The first-order chi connectivity index (χ1) is 8.93. The number of carbonyl (C=O) groups is 1. The molecule has 0 bridgehead atoms. The molecule has 0 aliphatic rings. The van der Waals surface area contributed by atoms with Gasteiger partial charge in [0.25, 0.3) is 0 Å². The Labute approximate surface area is 111 Å². The van der Waals surface area contributed by atoms with Gasteiger partial charge >= 0.3 is 5.82 Å². The van der Waals surface area contributed by atoms with Crippen LogP contribution in [0.15, 0.2) is 6.20 Å². The molecule has 1 aromatic heterocycles. The summed E-state index contributed by atoms with van der Waals surface area (Å²) in [7, 11) is 0. The van der Waals surface area contributed by atoms with Crippen LogP contribution in [0.2, 0.25) is 0 Å². The van der Waals surface area contributed by atoms with Gasteiger partial charge in [-0.2, -0.15) is 0 Å². The summed E-state index contributed by atoms with van der Waals surface area (Å²) in [5, 5.41) is 16.5. The standard InChI is InChI=1S/C11H19N5O3/c1-4-12-8(2)5-13-11(17)7-15-6-10(16(18)19)14-9(15)3/h6,8,12H,4-5,7H2,1-3H3,(H,13,17)/t8-/m1/s1. The zero-order chi connectivity index (χ0) is 14.4. The van der Waals surface area contributed by atoms with Crippen molar-refractivity contribution >= 4 is 11.7 Å².